The predicted octanol–water partition coefficient (Wildman–Crippen LogP) is 2.71. The van der Waals surface area contributed by atoms with Crippen molar-refractivity contribution in [1.29, 1.82) is 0 Å². The largest absolute Gasteiger partial charge is 0.305 e. The molecule has 0 saturated heterocycles. The Hall–Kier alpha value is -1.44. The van der Waals surface area contributed by atoms with Gasteiger partial charge in [0.15, 0.2) is 0 Å². The maximum atomic E-state index is 12.4. The van der Waals surface area contributed by atoms with E-state index >= 15 is 0 Å². The summed E-state index contributed by atoms with van der Waals surface area (Å²) in [7, 11) is 0.213. The molecule has 1 N–H and O–H groups in total. The van der Waals surface area contributed by atoms with Crippen LogP contribution in [-0.2, 0) is 16.6 Å². The van der Waals surface area contributed by atoms with Crippen LogP contribution >= 0.6 is 15.9 Å². The summed E-state index contributed by atoms with van der Waals surface area (Å²) in [5.74, 6) is 0. The van der Waals surface area contributed by atoms with E-state index in [2.05, 4.69) is 25.6 Å². The fourth-order valence-electron chi connectivity index (χ4n) is 1.84. The number of halogens is 1. The van der Waals surface area contributed by atoms with Crippen molar-refractivity contribution in [3.63, 3.8) is 0 Å². The van der Waals surface area contributed by atoms with Gasteiger partial charge in [0.1, 0.15) is 4.90 Å². The Bertz CT molecular complexity index is 733. The van der Waals surface area contributed by atoms with Crippen molar-refractivity contribution >= 4 is 31.6 Å². The van der Waals surface area contributed by atoms with Gasteiger partial charge in [-0.3, -0.25) is 9.71 Å². The van der Waals surface area contributed by atoms with Gasteiger partial charge in [0, 0.05) is 23.4 Å². The summed E-state index contributed by atoms with van der Waals surface area (Å²) >= 11 is 3.23. The number of benzene rings is 1. The van der Waals surface area contributed by atoms with Gasteiger partial charge < -0.3 is 4.90 Å². The van der Waals surface area contributed by atoms with Gasteiger partial charge in [-0.15, -0.1) is 0 Å². The van der Waals surface area contributed by atoms with Gasteiger partial charge in [0.25, 0.3) is 10.0 Å². The van der Waals surface area contributed by atoms with Crippen LogP contribution in [0, 0.1) is 0 Å². The highest BCUT2D eigenvalue weighted by Gasteiger charge is 2.16. The van der Waals surface area contributed by atoms with Crippen LogP contribution in [0.15, 0.2) is 52.1 Å². The lowest BCUT2D eigenvalue weighted by Gasteiger charge is -2.15. The third-order valence-electron chi connectivity index (χ3n) is 2.74. The zero-order valence-corrected chi connectivity index (χ0v) is 14.1. The molecule has 1 aromatic carbocycles. The molecular weight excluding hydrogens is 354 g/mol. The zero-order chi connectivity index (χ0) is 15.5. The maximum absolute atomic E-state index is 12.4. The molecule has 0 saturated carbocycles. The highest BCUT2D eigenvalue weighted by Crippen LogP contribution is 2.22. The molecule has 1 aromatic heterocycles. The standard InChI is InChI=1S/C14H16BrN3O2S/c1-18(2)10-11-5-3-4-6-14(11)17-21(19,20)13-7-12(15)8-16-9-13/h3-9,17H,10H2,1-2H3. The number of pyridine rings is 1. The molecule has 0 aliphatic heterocycles. The van der Waals surface area contributed by atoms with Crippen LogP contribution in [0.1, 0.15) is 5.56 Å². The van der Waals surface area contributed by atoms with E-state index in [1.54, 1.807) is 18.3 Å². The number of sulfonamides is 1. The first-order valence-corrected chi connectivity index (χ1v) is 8.52. The van der Waals surface area contributed by atoms with E-state index in [1.807, 2.05) is 31.1 Å². The topological polar surface area (TPSA) is 62.3 Å². The Labute approximate surface area is 133 Å². The Morgan fingerprint density at radius 2 is 1.95 bits per heavy atom. The first kappa shape index (κ1) is 15.9. The van der Waals surface area contributed by atoms with Crippen molar-refractivity contribution < 1.29 is 8.42 Å². The monoisotopic (exact) mass is 369 g/mol. The van der Waals surface area contributed by atoms with E-state index in [0.717, 1.165) is 5.56 Å². The van der Waals surface area contributed by atoms with Crippen molar-refractivity contribution in [3.8, 4) is 0 Å². The number of nitrogens with one attached hydrogen (secondary N) is 1. The minimum Gasteiger partial charge on any atom is -0.305 e. The number of nitrogens with zero attached hydrogens (tertiary/aromatic N) is 2. The second kappa shape index (κ2) is 6.55. The van der Waals surface area contributed by atoms with E-state index in [0.29, 0.717) is 16.7 Å². The molecule has 21 heavy (non-hydrogen) atoms. The molecule has 0 radical (unpaired) electrons. The van der Waals surface area contributed by atoms with Crippen LogP contribution in [0.4, 0.5) is 5.69 Å². The molecule has 112 valence electrons. The number of aromatic nitrogens is 1. The number of para-hydroxylation sites is 1. The summed E-state index contributed by atoms with van der Waals surface area (Å²) in [6.45, 7) is 0.648. The van der Waals surface area contributed by atoms with Crippen LogP contribution in [0.5, 0.6) is 0 Å². The summed E-state index contributed by atoms with van der Waals surface area (Å²) < 4.78 is 28.1. The van der Waals surface area contributed by atoms with E-state index in [4.69, 9.17) is 0 Å². The van der Waals surface area contributed by atoms with Crippen LogP contribution in [-0.4, -0.2) is 32.4 Å². The average molecular weight is 370 g/mol. The molecule has 7 heteroatoms. The molecule has 0 aliphatic carbocycles. The molecule has 5 nitrogen and oxygen atoms in total. The fraction of sp³-hybridized carbons (Fsp3) is 0.214. The van der Waals surface area contributed by atoms with Crippen molar-refractivity contribution in [2.45, 2.75) is 11.4 Å². The number of hydrogen-bond donors (Lipinski definition) is 1. The number of hydrogen-bond acceptors (Lipinski definition) is 4. The van der Waals surface area contributed by atoms with Gasteiger partial charge >= 0.3 is 0 Å². The summed E-state index contributed by atoms with van der Waals surface area (Å²) in [6, 6.07) is 8.86. The quantitative estimate of drug-likeness (QED) is 0.879. The molecule has 2 rings (SSSR count). The number of anilines is 1. The predicted molar refractivity (Wildman–Crippen MR) is 86.6 cm³/mol. The van der Waals surface area contributed by atoms with Gasteiger partial charge in [-0.05, 0) is 47.7 Å². The molecule has 0 atom stereocenters. The van der Waals surface area contributed by atoms with Gasteiger partial charge in [-0.2, -0.15) is 0 Å². The first-order valence-electron chi connectivity index (χ1n) is 6.24. The highest BCUT2D eigenvalue weighted by atomic mass is 79.9. The second-order valence-electron chi connectivity index (χ2n) is 4.84. The Balaban J connectivity index is 2.33. The summed E-state index contributed by atoms with van der Waals surface area (Å²) in [4.78, 5) is 5.99. The molecule has 2 aromatic rings. The molecule has 0 unspecified atom stereocenters. The van der Waals surface area contributed by atoms with E-state index < -0.39 is 10.0 Å². The Kier molecular flexibility index (Phi) is 4.97. The van der Waals surface area contributed by atoms with Crippen molar-refractivity contribution in [1.82, 2.24) is 9.88 Å². The van der Waals surface area contributed by atoms with Crippen LogP contribution in [0.2, 0.25) is 0 Å². The maximum Gasteiger partial charge on any atom is 0.263 e. The summed E-state index contributed by atoms with van der Waals surface area (Å²) in [5.41, 5.74) is 1.49. The first-order chi connectivity index (χ1) is 9.88. The normalized spacial score (nSPS) is 11.6. The van der Waals surface area contributed by atoms with Gasteiger partial charge in [-0.25, -0.2) is 8.42 Å². The van der Waals surface area contributed by atoms with Gasteiger partial charge in [0.05, 0.1) is 5.69 Å². The average Bonchev–Trinajstić information content (AvgIpc) is 2.40. The number of rotatable bonds is 5. The lowest BCUT2D eigenvalue weighted by Crippen LogP contribution is -2.17. The lowest BCUT2D eigenvalue weighted by atomic mass is 10.2. The molecule has 0 amide bonds. The SMILES string of the molecule is CN(C)Cc1ccccc1NS(=O)(=O)c1cncc(Br)c1. The van der Waals surface area contributed by atoms with Crippen LogP contribution in [0.25, 0.3) is 0 Å². The fourth-order valence-corrected chi connectivity index (χ4v) is 3.45. The summed E-state index contributed by atoms with van der Waals surface area (Å²) in [5, 5.41) is 0. The van der Waals surface area contributed by atoms with Crippen LogP contribution < -0.4 is 4.72 Å². The zero-order valence-electron chi connectivity index (χ0n) is 11.7. The summed E-state index contributed by atoms with van der Waals surface area (Å²) in [6.07, 6.45) is 2.86. The third kappa shape index (κ3) is 4.26. The van der Waals surface area contributed by atoms with E-state index in [9.17, 15) is 8.42 Å². The van der Waals surface area contributed by atoms with E-state index in [-0.39, 0.29) is 4.90 Å². The minimum absolute atomic E-state index is 0.122. The van der Waals surface area contributed by atoms with Gasteiger partial charge in [0.2, 0.25) is 0 Å². The van der Waals surface area contributed by atoms with Crippen molar-refractivity contribution in [3.05, 3.63) is 52.8 Å². The smallest absolute Gasteiger partial charge is 0.263 e. The third-order valence-corrected chi connectivity index (χ3v) is 4.50. The molecule has 0 bridgehead atoms. The van der Waals surface area contributed by atoms with Crippen molar-refractivity contribution in [2.24, 2.45) is 0 Å². The molecule has 0 spiro atoms. The Morgan fingerprint density at radius 1 is 1.24 bits per heavy atom. The van der Waals surface area contributed by atoms with Crippen LogP contribution in [0.3, 0.4) is 0 Å². The minimum atomic E-state index is -3.66. The van der Waals surface area contributed by atoms with E-state index in [1.165, 1.54) is 12.3 Å². The van der Waals surface area contributed by atoms with Gasteiger partial charge in [-0.1, -0.05) is 18.2 Å². The molecule has 1 heterocycles. The van der Waals surface area contributed by atoms with Crippen molar-refractivity contribution in [2.75, 3.05) is 18.8 Å². The Morgan fingerprint density at radius 3 is 2.62 bits per heavy atom. The highest BCUT2D eigenvalue weighted by molar-refractivity contribution is 9.10. The molecular formula is C14H16BrN3O2S. The molecule has 0 fully saturated rings. The lowest BCUT2D eigenvalue weighted by molar-refractivity contribution is 0.403. The second-order valence-corrected chi connectivity index (χ2v) is 7.44. The molecule has 0 aliphatic rings.